The summed E-state index contributed by atoms with van der Waals surface area (Å²) in [5.41, 5.74) is -0.277. The van der Waals surface area contributed by atoms with Crippen molar-refractivity contribution in [1.82, 2.24) is 9.55 Å². The second-order valence-electron chi connectivity index (χ2n) is 3.52. The van der Waals surface area contributed by atoms with Gasteiger partial charge in [-0.05, 0) is 5.56 Å². The summed E-state index contributed by atoms with van der Waals surface area (Å²) in [4.78, 5) is 25.8. The number of rotatable bonds is 1. The van der Waals surface area contributed by atoms with Crippen LogP contribution in [0.1, 0.15) is 5.56 Å². The van der Waals surface area contributed by atoms with Gasteiger partial charge in [-0.2, -0.15) is 5.26 Å². The van der Waals surface area contributed by atoms with E-state index in [2.05, 4.69) is 4.98 Å². The molecule has 0 spiro atoms. The van der Waals surface area contributed by atoms with Crippen LogP contribution in [0.5, 0.6) is 0 Å². The second kappa shape index (κ2) is 4.10. The summed E-state index contributed by atoms with van der Waals surface area (Å²) < 4.78 is 0.880. The molecule has 2 aromatic rings. The molecule has 1 heterocycles. The lowest BCUT2D eigenvalue weighted by Crippen LogP contribution is -2.34. The minimum atomic E-state index is -0.588. The normalized spacial score (nSPS) is 9.88. The van der Waals surface area contributed by atoms with E-state index in [9.17, 15) is 9.59 Å². The van der Waals surface area contributed by atoms with Crippen molar-refractivity contribution in [3.63, 3.8) is 0 Å². The lowest BCUT2D eigenvalue weighted by atomic mass is 10.1. The molecule has 0 bridgehead atoms. The first-order valence-corrected chi connectivity index (χ1v) is 4.94. The molecule has 0 saturated carbocycles. The van der Waals surface area contributed by atoms with Crippen LogP contribution in [0, 0.1) is 11.3 Å². The molecule has 17 heavy (non-hydrogen) atoms. The van der Waals surface area contributed by atoms with Gasteiger partial charge in [0, 0.05) is 7.05 Å². The van der Waals surface area contributed by atoms with Crippen LogP contribution >= 0.6 is 0 Å². The van der Waals surface area contributed by atoms with Gasteiger partial charge >= 0.3 is 5.69 Å². The third-order valence-corrected chi connectivity index (χ3v) is 2.48. The van der Waals surface area contributed by atoms with E-state index >= 15 is 0 Å². The summed E-state index contributed by atoms with van der Waals surface area (Å²) in [5.74, 6) is 0. The highest BCUT2D eigenvalue weighted by molar-refractivity contribution is 5.65. The van der Waals surface area contributed by atoms with E-state index in [0.29, 0.717) is 5.56 Å². The molecule has 0 radical (unpaired) electrons. The molecular formula is C12H9N3O2. The Kier molecular flexibility index (Phi) is 2.63. The molecule has 0 aliphatic carbocycles. The van der Waals surface area contributed by atoms with Crippen LogP contribution in [0.4, 0.5) is 0 Å². The third-order valence-electron chi connectivity index (χ3n) is 2.48. The van der Waals surface area contributed by atoms with E-state index in [1.165, 1.54) is 7.05 Å². The van der Waals surface area contributed by atoms with E-state index in [1.807, 2.05) is 12.1 Å². The van der Waals surface area contributed by atoms with Crippen molar-refractivity contribution in [1.29, 1.82) is 5.26 Å². The van der Waals surface area contributed by atoms with Gasteiger partial charge in [0.15, 0.2) is 0 Å². The highest BCUT2D eigenvalue weighted by Gasteiger charge is 2.12. The Labute approximate surface area is 96.6 Å². The number of benzene rings is 1. The standard InChI is InChI=1S/C12H9N3O2/c1-15-11(16)9(7-13)10(14-12(15)17)8-5-3-2-4-6-8/h2-6H,1H3,(H,14,17). The largest absolute Gasteiger partial charge is 0.328 e. The highest BCUT2D eigenvalue weighted by Crippen LogP contribution is 2.16. The van der Waals surface area contributed by atoms with Crippen molar-refractivity contribution in [2.24, 2.45) is 7.05 Å². The first-order valence-electron chi connectivity index (χ1n) is 4.94. The first kappa shape index (κ1) is 10.9. The molecule has 5 nitrogen and oxygen atoms in total. The monoisotopic (exact) mass is 227 g/mol. The van der Waals surface area contributed by atoms with Crippen molar-refractivity contribution in [3.8, 4) is 17.3 Å². The average molecular weight is 227 g/mol. The fraction of sp³-hybridized carbons (Fsp3) is 0.0833. The van der Waals surface area contributed by atoms with Crippen LogP contribution in [-0.2, 0) is 7.05 Å². The summed E-state index contributed by atoms with van der Waals surface area (Å²) in [6.07, 6.45) is 0. The molecule has 0 aliphatic heterocycles. The molecular weight excluding hydrogens is 218 g/mol. The Hall–Kier alpha value is -2.61. The van der Waals surface area contributed by atoms with Gasteiger partial charge in [-0.1, -0.05) is 30.3 Å². The topological polar surface area (TPSA) is 78.7 Å². The zero-order valence-electron chi connectivity index (χ0n) is 9.10. The summed E-state index contributed by atoms with van der Waals surface area (Å²) in [5, 5.41) is 8.99. The van der Waals surface area contributed by atoms with Crippen LogP contribution in [0.3, 0.4) is 0 Å². The molecule has 1 aromatic heterocycles. The van der Waals surface area contributed by atoms with Crippen molar-refractivity contribution in [2.45, 2.75) is 0 Å². The maximum atomic E-state index is 11.7. The lowest BCUT2D eigenvalue weighted by Gasteiger charge is -2.04. The number of aromatic nitrogens is 2. The van der Waals surface area contributed by atoms with Crippen LogP contribution in [0.2, 0.25) is 0 Å². The number of H-pyrrole nitrogens is 1. The van der Waals surface area contributed by atoms with Gasteiger partial charge in [-0.3, -0.25) is 9.36 Å². The number of nitriles is 1. The van der Waals surface area contributed by atoms with E-state index < -0.39 is 11.2 Å². The molecule has 0 amide bonds. The minimum Gasteiger partial charge on any atom is -0.305 e. The van der Waals surface area contributed by atoms with Gasteiger partial charge in [-0.15, -0.1) is 0 Å². The zero-order valence-corrected chi connectivity index (χ0v) is 9.10. The fourth-order valence-electron chi connectivity index (χ4n) is 1.55. The van der Waals surface area contributed by atoms with Gasteiger partial charge in [0.2, 0.25) is 0 Å². The Balaban J connectivity index is 2.86. The number of nitrogens with zero attached hydrogens (tertiary/aromatic N) is 2. The summed E-state index contributed by atoms with van der Waals surface area (Å²) >= 11 is 0. The van der Waals surface area contributed by atoms with E-state index in [0.717, 1.165) is 4.57 Å². The fourth-order valence-corrected chi connectivity index (χ4v) is 1.55. The van der Waals surface area contributed by atoms with Crippen LogP contribution < -0.4 is 11.2 Å². The molecule has 0 saturated heterocycles. The van der Waals surface area contributed by atoms with Gasteiger partial charge in [0.1, 0.15) is 11.6 Å². The molecule has 0 fully saturated rings. The van der Waals surface area contributed by atoms with E-state index in [4.69, 9.17) is 5.26 Å². The van der Waals surface area contributed by atoms with Crippen molar-refractivity contribution >= 4 is 0 Å². The predicted octanol–water partition coefficient (Wildman–Crippen LogP) is 0.612. The molecule has 0 unspecified atom stereocenters. The van der Waals surface area contributed by atoms with Gasteiger partial charge in [0.25, 0.3) is 5.56 Å². The Morgan fingerprint density at radius 3 is 2.47 bits per heavy atom. The molecule has 1 N–H and O–H groups in total. The number of hydrogen-bond donors (Lipinski definition) is 1. The number of nitrogens with one attached hydrogen (secondary N) is 1. The van der Waals surface area contributed by atoms with E-state index in [1.54, 1.807) is 24.3 Å². The van der Waals surface area contributed by atoms with Crippen LogP contribution in [-0.4, -0.2) is 9.55 Å². The molecule has 1 aromatic carbocycles. The van der Waals surface area contributed by atoms with Crippen molar-refractivity contribution in [2.75, 3.05) is 0 Å². The number of hydrogen-bond acceptors (Lipinski definition) is 3. The summed E-state index contributed by atoms with van der Waals surface area (Å²) in [7, 11) is 1.33. The number of aromatic amines is 1. The third kappa shape index (κ3) is 1.76. The Morgan fingerprint density at radius 1 is 1.24 bits per heavy atom. The quantitative estimate of drug-likeness (QED) is 0.775. The summed E-state index contributed by atoms with van der Waals surface area (Å²) in [6, 6.07) is 10.6. The molecule has 0 atom stereocenters. The van der Waals surface area contributed by atoms with E-state index in [-0.39, 0.29) is 11.3 Å². The van der Waals surface area contributed by atoms with Crippen molar-refractivity contribution in [3.05, 3.63) is 56.7 Å². The zero-order chi connectivity index (χ0) is 12.4. The van der Waals surface area contributed by atoms with Gasteiger partial charge < -0.3 is 4.98 Å². The van der Waals surface area contributed by atoms with Gasteiger partial charge in [0.05, 0.1) is 5.69 Å². The maximum Gasteiger partial charge on any atom is 0.328 e. The SMILES string of the molecule is Cn1c(=O)[nH]c(-c2ccccc2)c(C#N)c1=O. The van der Waals surface area contributed by atoms with Crippen LogP contribution in [0.15, 0.2) is 39.9 Å². The first-order chi connectivity index (χ1) is 8.15. The average Bonchev–Trinajstić information content (AvgIpc) is 2.36. The van der Waals surface area contributed by atoms with Crippen LogP contribution in [0.25, 0.3) is 11.3 Å². The molecule has 0 aliphatic rings. The highest BCUT2D eigenvalue weighted by atomic mass is 16.2. The molecule has 2 rings (SSSR count). The smallest absolute Gasteiger partial charge is 0.305 e. The van der Waals surface area contributed by atoms with Crippen molar-refractivity contribution < 1.29 is 0 Å². The minimum absolute atomic E-state index is 0.0571. The molecule has 84 valence electrons. The molecule has 5 heteroatoms. The van der Waals surface area contributed by atoms with Gasteiger partial charge in [-0.25, -0.2) is 4.79 Å². The Morgan fingerprint density at radius 2 is 1.88 bits per heavy atom. The summed E-state index contributed by atoms with van der Waals surface area (Å²) in [6.45, 7) is 0. The predicted molar refractivity (Wildman–Crippen MR) is 62.5 cm³/mol. The Bertz CT molecular complexity index is 705. The second-order valence-corrected chi connectivity index (χ2v) is 3.52. The lowest BCUT2D eigenvalue weighted by molar-refractivity contribution is 0.774. The maximum absolute atomic E-state index is 11.7.